The molecule has 3 aromatic rings. The molecule has 0 saturated carbocycles. The highest BCUT2D eigenvalue weighted by Gasteiger charge is 2.20. The van der Waals surface area contributed by atoms with Crippen LogP contribution in [0.5, 0.6) is 5.75 Å². The largest absolute Gasteiger partial charge is 0.497 e. The second kappa shape index (κ2) is 9.44. The van der Waals surface area contributed by atoms with Crippen molar-refractivity contribution in [2.45, 2.75) is 5.16 Å². The monoisotopic (exact) mass is 431 g/mol. The van der Waals surface area contributed by atoms with Crippen LogP contribution in [-0.4, -0.2) is 40.0 Å². The predicted molar refractivity (Wildman–Crippen MR) is 113 cm³/mol. The van der Waals surface area contributed by atoms with Gasteiger partial charge in [-0.25, -0.2) is 4.79 Å². The van der Waals surface area contributed by atoms with Gasteiger partial charge >= 0.3 is 5.97 Å². The van der Waals surface area contributed by atoms with Crippen LogP contribution in [0.15, 0.2) is 58.8 Å². The summed E-state index contributed by atoms with van der Waals surface area (Å²) in [7, 11) is 4.70. The molecule has 0 atom stereocenters. The lowest BCUT2D eigenvalue weighted by molar-refractivity contribution is -0.132. The van der Waals surface area contributed by atoms with Crippen molar-refractivity contribution in [3.63, 3.8) is 0 Å². The highest BCUT2D eigenvalue weighted by molar-refractivity contribution is 8.15. The standard InChI is InChI=1S/C19H18ClN5O3S/c1-25-16(12-7-9-15(27-2)10-8-12)22-24-19(25)29-17(18(26)28-3)23-21-14-6-4-5-13(20)11-14/h4-11,21H,1-3H3/b23-17-. The molecule has 0 aliphatic rings. The Morgan fingerprint density at radius 3 is 2.59 bits per heavy atom. The van der Waals surface area contributed by atoms with Gasteiger partial charge in [0.05, 0.1) is 19.9 Å². The van der Waals surface area contributed by atoms with Gasteiger partial charge in [-0.15, -0.1) is 10.2 Å². The van der Waals surface area contributed by atoms with Crippen molar-refractivity contribution in [1.29, 1.82) is 0 Å². The first-order chi connectivity index (χ1) is 14.0. The van der Waals surface area contributed by atoms with Crippen molar-refractivity contribution in [2.24, 2.45) is 12.1 Å². The average molecular weight is 432 g/mol. The van der Waals surface area contributed by atoms with Crippen molar-refractivity contribution in [3.8, 4) is 17.1 Å². The zero-order chi connectivity index (χ0) is 20.8. The number of halogens is 1. The number of benzene rings is 2. The van der Waals surface area contributed by atoms with E-state index in [1.807, 2.05) is 24.3 Å². The molecule has 29 heavy (non-hydrogen) atoms. The number of nitrogens with one attached hydrogen (secondary N) is 1. The molecule has 0 unspecified atom stereocenters. The summed E-state index contributed by atoms with van der Waals surface area (Å²) in [5.74, 6) is 0.790. The quantitative estimate of drug-likeness (QED) is 0.216. The van der Waals surface area contributed by atoms with E-state index in [0.29, 0.717) is 21.7 Å². The van der Waals surface area contributed by atoms with E-state index >= 15 is 0 Å². The van der Waals surface area contributed by atoms with Gasteiger partial charge < -0.3 is 14.0 Å². The van der Waals surface area contributed by atoms with Gasteiger partial charge in [0.2, 0.25) is 5.04 Å². The Kier molecular flexibility index (Phi) is 6.73. The predicted octanol–water partition coefficient (Wildman–Crippen LogP) is 3.83. The third-order valence-corrected chi connectivity index (χ3v) is 5.07. The van der Waals surface area contributed by atoms with E-state index in [2.05, 4.69) is 20.7 Å². The molecule has 0 fully saturated rings. The van der Waals surface area contributed by atoms with Crippen LogP contribution in [0.1, 0.15) is 0 Å². The van der Waals surface area contributed by atoms with E-state index in [9.17, 15) is 4.79 Å². The van der Waals surface area contributed by atoms with Crippen LogP contribution in [-0.2, 0) is 16.6 Å². The zero-order valence-electron chi connectivity index (χ0n) is 15.9. The van der Waals surface area contributed by atoms with E-state index in [-0.39, 0.29) is 5.04 Å². The second-order valence-electron chi connectivity index (χ2n) is 5.73. The third-order valence-electron chi connectivity index (χ3n) is 3.84. The van der Waals surface area contributed by atoms with Crippen LogP contribution >= 0.6 is 23.4 Å². The van der Waals surface area contributed by atoms with E-state index in [0.717, 1.165) is 23.1 Å². The lowest BCUT2D eigenvalue weighted by Gasteiger charge is -2.07. The lowest BCUT2D eigenvalue weighted by Crippen LogP contribution is -2.15. The highest BCUT2D eigenvalue weighted by atomic mass is 35.5. The van der Waals surface area contributed by atoms with Crippen molar-refractivity contribution in [1.82, 2.24) is 14.8 Å². The highest BCUT2D eigenvalue weighted by Crippen LogP contribution is 2.25. The molecule has 1 heterocycles. The van der Waals surface area contributed by atoms with Gasteiger partial charge in [0.1, 0.15) is 5.75 Å². The van der Waals surface area contributed by atoms with E-state index < -0.39 is 5.97 Å². The summed E-state index contributed by atoms with van der Waals surface area (Å²) < 4.78 is 11.8. The fraction of sp³-hybridized carbons (Fsp3) is 0.158. The van der Waals surface area contributed by atoms with Crippen LogP contribution < -0.4 is 10.2 Å². The Morgan fingerprint density at radius 2 is 1.93 bits per heavy atom. The van der Waals surface area contributed by atoms with Crippen LogP contribution in [0.25, 0.3) is 11.4 Å². The first-order valence-corrected chi connectivity index (χ1v) is 9.60. The number of carbonyl (C=O) groups is 1. The normalized spacial score (nSPS) is 11.2. The maximum absolute atomic E-state index is 12.2. The number of rotatable bonds is 5. The van der Waals surface area contributed by atoms with Crippen molar-refractivity contribution < 1.29 is 14.3 Å². The number of hydrogen-bond donors (Lipinski definition) is 1. The van der Waals surface area contributed by atoms with Crippen LogP contribution in [0.4, 0.5) is 5.69 Å². The molecule has 1 N–H and O–H groups in total. The molecule has 10 heteroatoms. The molecule has 0 aliphatic carbocycles. The Morgan fingerprint density at radius 1 is 1.17 bits per heavy atom. The number of thioether (sulfide) groups is 1. The molecule has 3 rings (SSSR count). The molecule has 2 aromatic carbocycles. The van der Waals surface area contributed by atoms with Gasteiger partial charge in [0.25, 0.3) is 0 Å². The molecule has 0 spiro atoms. The Balaban J connectivity index is 1.83. The van der Waals surface area contributed by atoms with Gasteiger partial charge in [-0.2, -0.15) is 5.10 Å². The molecule has 0 radical (unpaired) electrons. The first-order valence-electron chi connectivity index (χ1n) is 8.41. The molecule has 0 bridgehead atoms. The van der Waals surface area contributed by atoms with Gasteiger partial charge in [-0.05, 0) is 54.2 Å². The molecule has 0 aliphatic heterocycles. The third kappa shape index (κ3) is 5.07. The van der Waals surface area contributed by atoms with Crippen molar-refractivity contribution in [3.05, 3.63) is 53.6 Å². The Hall–Kier alpha value is -3.04. The average Bonchev–Trinajstić information content (AvgIpc) is 3.10. The van der Waals surface area contributed by atoms with Crippen LogP contribution in [0, 0.1) is 0 Å². The van der Waals surface area contributed by atoms with Crippen LogP contribution in [0.3, 0.4) is 0 Å². The summed E-state index contributed by atoms with van der Waals surface area (Å²) in [5.41, 5.74) is 4.30. The van der Waals surface area contributed by atoms with Gasteiger partial charge in [-0.1, -0.05) is 17.7 Å². The fourth-order valence-electron chi connectivity index (χ4n) is 2.35. The van der Waals surface area contributed by atoms with E-state index in [4.69, 9.17) is 21.1 Å². The fourth-order valence-corrected chi connectivity index (χ4v) is 3.28. The summed E-state index contributed by atoms with van der Waals surface area (Å²) in [6.07, 6.45) is 0. The van der Waals surface area contributed by atoms with Gasteiger partial charge in [0, 0.05) is 17.6 Å². The number of nitrogens with zero attached hydrogens (tertiary/aromatic N) is 4. The number of esters is 1. The first kappa shape index (κ1) is 20.7. The van der Waals surface area contributed by atoms with E-state index in [1.54, 1.807) is 43.0 Å². The molecule has 0 amide bonds. The van der Waals surface area contributed by atoms with Crippen LogP contribution in [0.2, 0.25) is 5.02 Å². The molecule has 1 aromatic heterocycles. The summed E-state index contributed by atoms with van der Waals surface area (Å²) in [6, 6.07) is 14.4. The topological polar surface area (TPSA) is 90.6 Å². The van der Waals surface area contributed by atoms with Gasteiger partial charge in [0.15, 0.2) is 11.0 Å². The summed E-state index contributed by atoms with van der Waals surface area (Å²) in [6.45, 7) is 0. The number of aromatic nitrogens is 3. The number of hydrazone groups is 1. The maximum Gasteiger partial charge on any atom is 0.365 e. The zero-order valence-corrected chi connectivity index (χ0v) is 17.5. The number of ether oxygens (including phenoxy) is 2. The minimum absolute atomic E-state index is 0.0734. The maximum atomic E-state index is 12.2. The second-order valence-corrected chi connectivity index (χ2v) is 7.12. The van der Waals surface area contributed by atoms with Crippen molar-refractivity contribution >= 4 is 40.1 Å². The number of anilines is 1. The summed E-state index contributed by atoms with van der Waals surface area (Å²) in [4.78, 5) is 12.2. The smallest absolute Gasteiger partial charge is 0.365 e. The number of methoxy groups -OCH3 is 2. The molecular weight excluding hydrogens is 414 g/mol. The molecule has 8 nitrogen and oxygen atoms in total. The molecular formula is C19H18ClN5O3S. The lowest BCUT2D eigenvalue weighted by atomic mass is 10.2. The molecule has 150 valence electrons. The van der Waals surface area contributed by atoms with Crippen molar-refractivity contribution in [2.75, 3.05) is 19.6 Å². The minimum atomic E-state index is -0.599. The van der Waals surface area contributed by atoms with E-state index in [1.165, 1.54) is 7.11 Å². The Bertz CT molecular complexity index is 1040. The van der Waals surface area contributed by atoms with Gasteiger partial charge in [-0.3, -0.25) is 5.43 Å². The number of carbonyl (C=O) groups excluding carboxylic acids is 1. The Labute approximate surface area is 176 Å². The summed E-state index contributed by atoms with van der Waals surface area (Å²) >= 11 is 7.01. The summed E-state index contributed by atoms with van der Waals surface area (Å²) in [5, 5.41) is 13.6. The minimum Gasteiger partial charge on any atom is -0.497 e. The SMILES string of the molecule is COC(=O)/C(=N/Nc1cccc(Cl)c1)Sc1nnc(-c2ccc(OC)cc2)n1C. The molecule has 0 saturated heterocycles. The number of hydrogen-bond acceptors (Lipinski definition) is 8.